The minimum atomic E-state index is 0.231. The number of morpholine rings is 1. The number of benzene rings is 1. The zero-order chi connectivity index (χ0) is 13.9. The van der Waals surface area contributed by atoms with Crippen molar-refractivity contribution in [3.8, 4) is 0 Å². The van der Waals surface area contributed by atoms with Crippen molar-refractivity contribution in [3.63, 3.8) is 0 Å². The van der Waals surface area contributed by atoms with Gasteiger partial charge in [0.1, 0.15) is 0 Å². The van der Waals surface area contributed by atoms with Gasteiger partial charge in [-0.25, -0.2) is 0 Å². The Morgan fingerprint density at radius 1 is 1.10 bits per heavy atom. The number of hydrogen-bond donors (Lipinski definition) is 1. The predicted octanol–water partition coefficient (Wildman–Crippen LogP) is 3.91. The average Bonchev–Trinajstić information content (AvgIpc) is 2.95. The lowest BCUT2D eigenvalue weighted by atomic mass is 9.97. The van der Waals surface area contributed by atoms with Crippen LogP contribution in [0.15, 0.2) is 18.2 Å². The Hall–Kier alpha value is -0.860. The Labute approximate surface area is 122 Å². The van der Waals surface area contributed by atoms with Crippen LogP contribution in [0.1, 0.15) is 54.9 Å². The maximum absolute atomic E-state index is 6.37. The SMILES string of the molecule is Cc1ccc(C2CNCC(CC3CCCC3)O2)cc1C. The Bertz CT molecular complexity index is 451. The summed E-state index contributed by atoms with van der Waals surface area (Å²) < 4.78 is 6.37. The molecule has 110 valence electrons. The largest absolute Gasteiger partial charge is 0.368 e. The molecule has 1 heterocycles. The van der Waals surface area contributed by atoms with Crippen LogP contribution in [0.25, 0.3) is 0 Å². The second-order valence-corrected chi connectivity index (χ2v) is 6.63. The van der Waals surface area contributed by atoms with Crippen molar-refractivity contribution in [1.29, 1.82) is 0 Å². The first kappa shape index (κ1) is 14.1. The highest BCUT2D eigenvalue weighted by atomic mass is 16.5. The third-order valence-corrected chi connectivity index (χ3v) is 5.03. The summed E-state index contributed by atoms with van der Waals surface area (Å²) in [6, 6.07) is 6.74. The maximum Gasteiger partial charge on any atom is 0.0953 e. The van der Waals surface area contributed by atoms with Crippen LogP contribution >= 0.6 is 0 Å². The van der Waals surface area contributed by atoms with E-state index in [9.17, 15) is 0 Å². The first-order valence-corrected chi connectivity index (χ1v) is 8.15. The van der Waals surface area contributed by atoms with E-state index in [0.717, 1.165) is 19.0 Å². The molecule has 0 bridgehead atoms. The Morgan fingerprint density at radius 3 is 2.65 bits per heavy atom. The quantitative estimate of drug-likeness (QED) is 0.901. The third kappa shape index (κ3) is 3.24. The van der Waals surface area contributed by atoms with Crippen LogP contribution < -0.4 is 5.32 Å². The lowest BCUT2D eigenvalue weighted by Gasteiger charge is -2.33. The van der Waals surface area contributed by atoms with Crippen molar-refractivity contribution in [3.05, 3.63) is 34.9 Å². The molecule has 2 unspecified atom stereocenters. The molecular weight excluding hydrogens is 246 g/mol. The Morgan fingerprint density at radius 2 is 1.90 bits per heavy atom. The highest BCUT2D eigenvalue weighted by Crippen LogP contribution is 2.32. The van der Waals surface area contributed by atoms with E-state index in [1.807, 2.05) is 0 Å². The standard InChI is InChI=1S/C18H27NO/c1-13-7-8-16(9-14(13)2)18-12-19-11-17(20-18)10-15-5-3-4-6-15/h7-9,15,17-19H,3-6,10-12H2,1-2H3. The first-order valence-electron chi connectivity index (χ1n) is 8.15. The molecule has 3 rings (SSSR count). The summed E-state index contributed by atoms with van der Waals surface area (Å²) in [5.41, 5.74) is 4.06. The van der Waals surface area contributed by atoms with Gasteiger partial charge < -0.3 is 10.1 Å². The summed E-state index contributed by atoms with van der Waals surface area (Å²) in [4.78, 5) is 0. The molecule has 2 atom stereocenters. The molecule has 2 heteroatoms. The van der Waals surface area contributed by atoms with Gasteiger partial charge in [0.15, 0.2) is 0 Å². The highest BCUT2D eigenvalue weighted by Gasteiger charge is 2.27. The van der Waals surface area contributed by atoms with E-state index in [2.05, 4.69) is 37.4 Å². The minimum absolute atomic E-state index is 0.231. The van der Waals surface area contributed by atoms with Gasteiger partial charge in [-0.15, -0.1) is 0 Å². The molecule has 1 saturated heterocycles. The Balaban J connectivity index is 1.63. The predicted molar refractivity (Wildman–Crippen MR) is 83.0 cm³/mol. The number of aryl methyl sites for hydroxylation is 2. The van der Waals surface area contributed by atoms with E-state index in [1.165, 1.54) is 48.8 Å². The molecular formula is C18H27NO. The van der Waals surface area contributed by atoms with Crippen molar-refractivity contribution in [2.75, 3.05) is 13.1 Å². The zero-order valence-corrected chi connectivity index (χ0v) is 12.8. The molecule has 2 aliphatic rings. The van der Waals surface area contributed by atoms with Crippen molar-refractivity contribution in [2.24, 2.45) is 5.92 Å². The van der Waals surface area contributed by atoms with Crippen LogP contribution in [-0.4, -0.2) is 19.2 Å². The van der Waals surface area contributed by atoms with Crippen LogP contribution in [0.3, 0.4) is 0 Å². The third-order valence-electron chi connectivity index (χ3n) is 5.03. The molecule has 1 aromatic carbocycles. The molecule has 0 aromatic heterocycles. The van der Waals surface area contributed by atoms with Crippen LogP contribution in [0.4, 0.5) is 0 Å². The van der Waals surface area contributed by atoms with E-state index in [-0.39, 0.29) is 6.10 Å². The normalized spacial score (nSPS) is 27.9. The number of ether oxygens (including phenoxy) is 1. The van der Waals surface area contributed by atoms with Crippen LogP contribution in [0.2, 0.25) is 0 Å². The molecule has 0 radical (unpaired) electrons. The van der Waals surface area contributed by atoms with Crippen molar-refractivity contribution >= 4 is 0 Å². The van der Waals surface area contributed by atoms with E-state index < -0.39 is 0 Å². The zero-order valence-electron chi connectivity index (χ0n) is 12.8. The fraction of sp³-hybridized carbons (Fsp3) is 0.667. The number of rotatable bonds is 3. The minimum Gasteiger partial charge on any atom is -0.368 e. The summed E-state index contributed by atoms with van der Waals surface area (Å²) in [5.74, 6) is 0.903. The van der Waals surface area contributed by atoms with Crippen LogP contribution in [0.5, 0.6) is 0 Å². The molecule has 2 nitrogen and oxygen atoms in total. The van der Waals surface area contributed by atoms with E-state index in [1.54, 1.807) is 0 Å². The van der Waals surface area contributed by atoms with Gasteiger partial charge in [0, 0.05) is 13.1 Å². The summed E-state index contributed by atoms with van der Waals surface area (Å²) in [5, 5.41) is 3.57. The van der Waals surface area contributed by atoms with Gasteiger partial charge in [0.25, 0.3) is 0 Å². The summed E-state index contributed by atoms with van der Waals surface area (Å²) in [6.45, 7) is 6.33. The van der Waals surface area contributed by atoms with Crippen LogP contribution in [-0.2, 0) is 4.74 Å². The molecule has 1 N–H and O–H groups in total. The highest BCUT2D eigenvalue weighted by molar-refractivity contribution is 5.31. The van der Waals surface area contributed by atoms with Gasteiger partial charge in [0.05, 0.1) is 12.2 Å². The molecule has 1 aliphatic carbocycles. The maximum atomic E-state index is 6.37. The Kier molecular flexibility index (Phi) is 4.42. The van der Waals surface area contributed by atoms with E-state index >= 15 is 0 Å². The fourth-order valence-corrected chi connectivity index (χ4v) is 3.62. The van der Waals surface area contributed by atoms with E-state index in [0.29, 0.717) is 6.10 Å². The average molecular weight is 273 g/mol. The summed E-state index contributed by atoms with van der Waals surface area (Å²) in [7, 11) is 0. The second-order valence-electron chi connectivity index (χ2n) is 6.63. The monoisotopic (exact) mass is 273 g/mol. The smallest absolute Gasteiger partial charge is 0.0953 e. The van der Waals surface area contributed by atoms with Gasteiger partial charge in [-0.05, 0) is 42.9 Å². The van der Waals surface area contributed by atoms with Crippen molar-refractivity contribution in [1.82, 2.24) is 5.32 Å². The van der Waals surface area contributed by atoms with Crippen molar-refractivity contribution < 1.29 is 4.74 Å². The summed E-state index contributed by atoms with van der Waals surface area (Å²) in [6.07, 6.45) is 7.54. The second kappa shape index (κ2) is 6.28. The lowest BCUT2D eigenvalue weighted by molar-refractivity contribution is -0.0489. The van der Waals surface area contributed by atoms with Gasteiger partial charge >= 0.3 is 0 Å². The first-order chi connectivity index (χ1) is 9.72. The molecule has 1 aliphatic heterocycles. The van der Waals surface area contributed by atoms with Gasteiger partial charge in [0.2, 0.25) is 0 Å². The summed E-state index contributed by atoms with van der Waals surface area (Å²) >= 11 is 0. The lowest BCUT2D eigenvalue weighted by Crippen LogP contribution is -2.41. The molecule has 20 heavy (non-hydrogen) atoms. The molecule has 1 saturated carbocycles. The fourth-order valence-electron chi connectivity index (χ4n) is 3.62. The molecule has 2 fully saturated rings. The number of hydrogen-bond acceptors (Lipinski definition) is 2. The molecule has 1 aromatic rings. The van der Waals surface area contributed by atoms with Crippen molar-refractivity contribution in [2.45, 2.75) is 58.2 Å². The number of nitrogens with one attached hydrogen (secondary N) is 1. The molecule has 0 amide bonds. The topological polar surface area (TPSA) is 21.3 Å². The molecule has 0 spiro atoms. The van der Waals surface area contributed by atoms with Gasteiger partial charge in [-0.3, -0.25) is 0 Å². The van der Waals surface area contributed by atoms with E-state index in [4.69, 9.17) is 4.74 Å². The van der Waals surface area contributed by atoms with Gasteiger partial charge in [-0.1, -0.05) is 43.9 Å². The van der Waals surface area contributed by atoms with Crippen LogP contribution in [0, 0.1) is 19.8 Å². The van der Waals surface area contributed by atoms with Gasteiger partial charge in [-0.2, -0.15) is 0 Å².